The molecule has 0 spiro atoms. The molecule has 7 nitrogen and oxygen atoms in total. The highest BCUT2D eigenvalue weighted by Crippen LogP contribution is 2.36. The fraction of sp³-hybridized carbons (Fsp3) is 0.333. The molecule has 1 amide bonds. The number of benzene rings is 2. The van der Waals surface area contributed by atoms with E-state index < -0.39 is 9.92 Å². The summed E-state index contributed by atoms with van der Waals surface area (Å²) in [5, 5.41) is 3.10. The van der Waals surface area contributed by atoms with Gasteiger partial charge in [0.15, 0.2) is 5.13 Å². The second-order valence-electron chi connectivity index (χ2n) is 7.94. The molecule has 0 radical (unpaired) electrons. The maximum atomic E-state index is 13.5. The molecule has 1 atom stereocenters. The molecule has 1 aliphatic heterocycles. The third-order valence-corrected chi connectivity index (χ3v) is 9.33. The van der Waals surface area contributed by atoms with E-state index in [4.69, 9.17) is 0 Å². The van der Waals surface area contributed by atoms with Gasteiger partial charge >= 0.3 is 0 Å². The summed E-state index contributed by atoms with van der Waals surface area (Å²) in [6.07, 6.45) is 2.82. The SMILES string of the molecule is CN=S(=O)(NCCCN1c2ccccc2CCc2ccccc21)c1sc(NC(C)=O)nc1C. The van der Waals surface area contributed by atoms with Crippen LogP contribution in [0.3, 0.4) is 0 Å². The molecule has 0 aliphatic carbocycles. The Bertz CT molecular complexity index is 1230. The minimum absolute atomic E-state index is 0.207. The maximum Gasteiger partial charge on any atom is 0.223 e. The molecule has 2 aromatic carbocycles. The Morgan fingerprint density at radius 2 is 1.73 bits per heavy atom. The molecule has 1 unspecified atom stereocenters. The highest BCUT2D eigenvalue weighted by atomic mass is 32.2. The molecule has 2 N–H and O–H groups in total. The summed E-state index contributed by atoms with van der Waals surface area (Å²) < 4.78 is 21.4. The van der Waals surface area contributed by atoms with Crippen molar-refractivity contribution in [1.29, 1.82) is 0 Å². The monoisotopic (exact) mass is 483 g/mol. The van der Waals surface area contributed by atoms with E-state index in [2.05, 4.69) is 72.8 Å². The van der Waals surface area contributed by atoms with Crippen LogP contribution in [-0.2, 0) is 27.6 Å². The smallest absolute Gasteiger partial charge is 0.223 e. The minimum atomic E-state index is -2.82. The third-order valence-electron chi connectivity index (χ3n) is 5.63. The van der Waals surface area contributed by atoms with Gasteiger partial charge in [-0.25, -0.2) is 18.3 Å². The molecule has 2 heterocycles. The fourth-order valence-electron chi connectivity index (χ4n) is 4.11. The largest absolute Gasteiger partial charge is 0.341 e. The van der Waals surface area contributed by atoms with Crippen LogP contribution in [0.5, 0.6) is 0 Å². The van der Waals surface area contributed by atoms with Crippen molar-refractivity contribution in [3.63, 3.8) is 0 Å². The van der Waals surface area contributed by atoms with Gasteiger partial charge in [-0.1, -0.05) is 47.7 Å². The highest BCUT2D eigenvalue weighted by molar-refractivity contribution is 7.93. The Hall–Kier alpha value is -2.75. The zero-order valence-corrected chi connectivity index (χ0v) is 20.8. The van der Waals surface area contributed by atoms with Gasteiger partial charge < -0.3 is 10.2 Å². The van der Waals surface area contributed by atoms with Crippen molar-refractivity contribution in [3.05, 3.63) is 65.4 Å². The van der Waals surface area contributed by atoms with Gasteiger partial charge in [0.1, 0.15) is 14.1 Å². The summed E-state index contributed by atoms with van der Waals surface area (Å²) in [4.78, 5) is 18.1. The number of carbonyl (C=O) groups is 1. The van der Waals surface area contributed by atoms with Crippen molar-refractivity contribution in [2.45, 2.75) is 37.3 Å². The number of aryl methyl sites for hydroxylation is 3. The zero-order valence-electron chi connectivity index (χ0n) is 19.1. The van der Waals surface area contributed by atoms with Crippen LogP contribution < -0.4 is 14.9 Å². The molecule has 3 aromatic rings. The van der Waals surface area contributed by atoms with E-state index in [0.717, 1.165) is 25.8 Å². The lowest BCUT2D eigenvalue weighted by atomic mass is 10.0. The van der Waals surface area contributed by atoms with E-state index >= 15 is 0 Å². The number of fused-ring (bicyclic) bond motifs is 2. The number of para-hydroxylation sites is 2. The lowest BCUT2D eigenvalue weighted by Crippen LogP contribution is -2.28. The standard InChI is InChI=1S/C24H29N5O2S2/c1-17-23(32-24(27-17)28-18(2)30)33(31,25-3)26-15-8-16-29-21-11-6-4-9-19(21)13-14-20-10-5-7-12-22(20)29/h4-7,9-12H,8,13-16H2,1-3H3,(H,25,26,31)(H,27,28,30). The van der Waals surface area contributed by atoms with Gasteiger partial charge in [0.05, 0.1) is 5.69 Å². The van der Waals surface area contributed by atoms with Gasteiger partial charge in [0.2, 0.25) is 5.91 Å². The molecule has 1 aromatic heterocycles. The second kappa shape index (κ2) is 10.0. The van der Waals surface area contributed by atoms with E-state index in [9.17, 15) is 9.00 Å². The molecule has 4 rings (SSSR count). The molecule has 174 valence electrons. The lowest BCUT2D eigenvalue weighted by Gasteiger charge is -2.27. The van der Waals surface area contributed by atoms with Crippen molar-refractivity contribution >= 4 is 43.7 Å². The van der Waals surface area contributed by atoms with Crippen LogP contribution in [0.15, 0.2) is 57.1 Å². The number of amides is 1. The highest BCUT2D eigenvalue weighted by Gasteiger charge is 2.22. The van der Waals surface area contributed by atoms with Crippen molar-refractivity contribution in [3.8, 4) is 0 Å². The van der Waals surface area contributed by atoms with E-state index in [1.807, 2.05) is 0 Å². The van der Waals surface area contributed by atoms with Gasteiger partial charge in [0.25, 0.3) is 0 Å². The van der Waals surface area contributed by atoms with Crippen LogP contribution in [0.4, 0.5) is 16.5 Å². The number of carbonyl (C=O) groups excluding carboxylic acids is 1. The minimum Gasteiger partial charge on any atom is -0.341 e. The maximum absolute atomic E-state index is 13.5. The molecular formula is C24H29N5O2S2. The predicted molar refractivity (Wildman–Crippen MR) is 136 cm³/mol. The Kier molecular flexibility index (Phi) is 7.11. The first-order valence-corrected chi connectivity index (χ1v) is 13.3. The van der Waals surface area contributed by atoms with Crippen LogP contribution in [0.1, 0.15) is 30.2 Å². The van der Waals surface area contributed by atoms with Crippen molar-refractivity contribution < 1.29 is 9.00 Å². The molecule has 33 heavy (non-hydrogen) atoms. The quantitative estimate of drug-likeness (QED) is 0.477. The van der Waals surface area contributed by atoms with Gasteiger partial charge in [-0.15, -0.1) is 0 Å². The van der Waals surface area contributed by atoms with E-state index in [-0.39, 0.29) is 5.91 Å². The summed E-state index contributed by atoms with van der Waals surface area (Å²) in [5.41, 5.74) is 5.78. The summed E-state index contributed by atoms with van der Waals surface area (Å²) >= 11 is 1.20. The van der Waals surface area contributed by atoms with Gasteiger partial charge in [-0.05, 0) is 49.4 Å². The van der Waals surface area contributed by atoms with Crippen molar-refractivity contribution in [2.24, 2.45) is 4.36 Å². The summed E-state index contributed by atoms with van der Waals surface area (Å²) in [6, 6.07) is 17.1. The number of hydrogen-bond acceptors (Lipinski definition) is 6. The zero-order chi connectivity index (χ0) is 23.4. The normalized spacial score (nSPS) is 14.6. The molecule has 1 aliphatic rings. The van der Waals surface area contributed by atoms with Crippen LogP contribution in [0.2, 0.25) is 0 Å². The molecule has 0 bridgehead atoms. The number of nitrogens with one attached hydrogen (secondary N) is 2. The van der Waals surface area contributed by atoms with Crippen LogP contribution in [0, 0.1) is 6.92 Å². The van der Waals surface area contributed by atoms with E-state index in [0.29, 0.717) is 21.6 Å². The molecule has 0 saturated carbocycles. The van der Waals surface area contributed by atoms with Crippen LogP contribution in [-0.4, -0.2) is 35.2 Å². The lowest BCUT2D eigenvalue weighted by molar-refractivity contribution is -0.114. The fourth-order valence-corrected chi connectivity index (χ4v) is 7.24. The van der Waals surface area contributed by atoms with Crippen LogP contribution in [0.25, 0.3) is 0 Å². The first-order valence-electron chi connectivity index (χ1n) is 11.0. The molecule has 9 heteroatoms. The van der Waals surface area contributed by atoms with E-state index in [1.54, 1.807) is 14.0 Å². The Balaban J connectivity index is 1.49. The summed E-state index contributed by atoms with van der Waals surface area (Å²) in [6.45, 7) is 4.53. The number of thiazole rings is 1. The number of nitrogens with zero attached hydrogens (tertiary/aromatic N) is 3. The van der Waals surface area contributed by atoms with Gasteiger partial charge in [0, 0.05) is 38.4 Å². The van der Waals surface area contributed by atoms with Gasteiger partial charge in [-0.3, -0.25) is 4.79 Å². The first-order chi connectivity index (χ1) is 15.9. The second-order valence-corrected chi connectivity index (χ2v) is 11.3. The van der Waals surface area contributed by atoms with Crippen LogP contribution >= 0.6 is 11.3 Å². The molecular weight excluding hydrogens is 454 g/mol. The van der Waals surface area contributed by atoms with Gasteiger partial charge in [-0.2, -0.15) is 0 Å². The summed E-state index contributed by atoms with van der Waals surface area (Å²) in [7, 11) is -1.27. The number of hydrogen-bond donors (Lipinski definition) is 2. The van der Waals surface area contributed by atoms with E-state index in [1.165, 1.54) is 40.8 Å². The average Bonchev–Trinajstić information content (AvgIpc) is 3.09. The number of aromatic nitrogens is 1. The summed E-state index contributed by atoms with van der Waals surface area (Å²) in [5.74, 6) is -0.207. The number of anilines is 3. The Morgan fingerprint density at radius 1 is 1.12 bits per heavy atom. The topological polar surface area (TPSA) is 86.7 Å². The molecule has 0 saturated heterocycles. The van der Waals surface area contributed by atoms with Crippen molar-refractivity contribution in [1.82, 2.24) is 9.71 Å². The molecule has 0 fully saturated rings. The average molecular weight is 484 g/mol. The number of rotatable bonds is 7. The Labute approximate surface area is 199 Å². The van der Waals surface area contributed by atoms with Crippen molar-refractivity contribution in [2.75, 3.05) is 30.4 Å². The predicted octanol–water partition coefficient (Wildman–Crippen LogP) is 4.70. The first kappa shape index (κ1) is 23.4. The Morgan fingerprint density at radius 3 is 2.30 bits per heavy atom. The third kappa shape index (κ3) is 5.10.